The number of halogens is 1. The second kappa shape index (κ2) is 8.36. The molecular weight excluding hydrogens is 400 g/mol. The first-order chi connectivity index (χ1) is 12.2. The van der Waals surface area contributed by atoms with Crippen LogP contribution in [0, 0.1) is 0 Å². The normalized spacial score (nSPS) is 10.5. The van der Waals surface area contributed by atoms with Gasteiger partial charge in [0.05, 0.1) is 19.9 Å². The van der Waals surface area contributed by atoms with Gasteiger partial charge in [0.2, 0.25) is 0 Å². The maximum absolute atomic E-state index is 5.34. The third-order valence-corrected chi connectivity index (χ3v) is 5.14. The van der Waals surface area contributed by atoms with Gasteiger partial charge in [0.15, 0.2) is 11.5 Å². The van der Waals surface area contributed by atoms with E-state index < -0.39 is 0 Å². The Kier molecular flexibility index (Phi) is 5.94. The summed E-state index contributed by atoms with van der Waals surface area (Å²) in [6.07, 6.45) is 0. The van der Waals surface area contributed by atoms with E-state index in [4.69, 9.17) is 9.47 Å². The molecule has 0 aliphatic heterocycles. The van der Waals surface area contributed by atoms with Gasteiger partial charge in [-0.1, -0.05) is 39.8 Å². The summed E-state index contributed by atoms with van der Waals surface area (Å²) in [7, 11) is 3.24. The molecule has 0 spiro atoms. The second-order valence-corrected chi connectivity index (χ2v) is 7.15. The van der Waals surface area contributed by atoms with Crippen LogP contribution in [0.4, 0.5) is 0 Å². The zero-order chi connectivity index (χ0) is 17.6. The van der Waals surface area contributed by atoms with E-state index in [1.165, 1.54) is 5.56 Å². The summed E-state index contributed by atoms with van der Waals surface area (Å²) < 4.78 is 11.7. The Balaban J connectivity index is 1.70. The molecule has 0 N–H and O–H groups in total. The van der Waals surface area contributed by atoms with E-state index in [0.717, 1.165) is 26.5 Å². The number of hydrogen-bond donors (Lipinski definition) is 0. The van der Waals surface area contributed by atoms with Gasteiger partial charge in [-0.05, 0) is 48.0 Å². The third-order valence-electron chi connectivity index (χ3n) is 3.62. The Hall–Kier alpha value is -2.05. The molecule has 2 aromatic carbocycles. The van der Waals surface area contributed by atoms with E-state index >= 15 is 0 Å². The molecule has 1 aromatic heterocycles. The predicted molar refractivity (Wildman–Crippen MR) is 104 cm³/mol. The van der Waals surface area contributed by atoms with Crippen molar-refractivity contribution in [2.24, 2.45) is 0 Å². The first kappa shape index (κ1) is 17.8. The topological polar surface area (TPSA) is 44.2 Å². The summed E-state index contributed by atoms with van der Waals surface area (Å²) in [6, 6.07) is 18.0. The number of benzene rings is 2. The van der Waals surface area contributed by atoms with Crippen molar-refractivity contribution >= 4 is 27.7 Å². The zero-order valence-electron chi connectivity index (χ0n) is 13.9. The summed E-state index contributed by atoms with van der Waals surface area (Å²) in [6.45, 7) is 0. The number of methoxy groups -OCH3 is 2. The Morgan fingerprint density at radius 2 is 1.64 bits per heavy atom. The summed E-state index contributed by atoms with van der Waals surface area (Å²) >= 11 is 5.11. The van der Waals surface area contributed by atoms with Gasteiger partial charge in [-0.2, -0.15) is 0 Å². The van der Waals surface area contributed by atoms with Crippen molar-refractivity contribution in [3.05, 3.63) is 64.6 Å². The highest BCUT2D eigenvalue weighted by Gasteiger charge is 2.08. The molecule has 0 aliphatic rings. The standard InChI is InChI=1S/C19H17BrN2O2S/c1-23-17-9-5-14(11-18(17)24-2)16-8-10-19(22-21-16)25-12-13-3-6-15(20)7-4-13/h3-11H,12H2,1-2H3. The monoisotopic (exact) mass is 416 g/mol. The van der Waals surface area contributed by atoms with Crippen LogP contribution in [0.25, 0.3) is 11.3 Å². The van der Waals surface area contributed by atoms with E-state index in [2.05, 4.69) is 38.3 Å². The first-order valence-corrected chi connectivity index (χ1v) is 9.41. The SMILES string of the molecule is COc1ccc(-c2ccc(SCc3ccc(Br)cc3)nn2)cc1OC. The molecule has 0 radical (unpaired) electrons. The van der Waals surface area contributed by atoms with Crippen LogP contribution in [0.5, 0.6) is 11.5 Å². The number of thioether (sulfide) groups is 1. The Morgan fingerprint density at radius 3 is 2.28 bits per heavy atom. The Labute approximate surface area is 159 Å². The van der Waals surface area contributed by atoms with E-state index in [1.807, 2.05) is 42.5 Å². The van der Waals surface area contributed by atoms with Crippen LogP contribution in [-0.4, -0.2) is 24.4 Å². The molecule has 0 atom stereocenters. The molecule has 0 saturated carbocycles. The van der Waals surface area contributed by atoms with Gasteiger partial charge in [0.25, 0.3) is 0 Å². The molecular formula is C19H17BrN2O2S. The number of rotatable bonds is 6. The fraction of sp³-hybridized carbons (Fsp3) is 0.158. The maximum atomic E-state index is 5.34. The van der Waals surface area contributed by atoms with Gasteiger partial charge in [0.1, 0.15) is 5.03 Å². The zero-order valence-corrected chi connectivity index (χ0v) is 16.3. The van der Waals surface area contributed by atoms with Crippen LogP contribution in [-0.2, 0) is 5.75 Å². The molecule has 6 heteroatoms. The van der Waals surface area contributed by atoms with Gasteiger partial charge < -0.3 is 9.47 Å². The number of aromatic nitrogens is 2. The highest BCUT2D eigenvalue weighted by atomic mass is 79.9. The lowest BCUT2D eigenvalue weighted by Crippen LogP contribution is -1.93. The average molecular weight is 417 g/mol. The highest BCUT2D eigenvalue weighted by molar-refractivity contribution is 9.10. The molecule has 1 heterocycles. The van der Waals surface area contributed by atoms with E-state index in [1.54, 1.807) is 26.0 Å². The number of nitrogens with zero attached hydrogens (tertiary/aromatic N) is 2. The summed E-state index contributed by atoms with van der Waals surface area (Å²) in [4.78, 5) is 0. The summed E-state index contributed by atoms with van der Waals surface area (Å²) in [5.74, 6) is 2.23. The fourth-order valence-corrected chi connectivity index (χ4v) is 3.32. The van der Waals surface area contributed by atoms with Crippen molar-refractivity contribution in [1.82, 2.24) is 10.2 Å². The van der Waals surface area contributed by atoms with E-state index in [0.29, 0.717) is 11.5 Å². The molecule has 0 aliphatic carbocycles. The first-order valence-electron chi connectivity index (χ1n) is 7.63. The summed E-state index contributed by atoms with van der Waals surface area (Å²) in [5.41, 5.74) is 2.99. The van der Waals surface area contributed by atoms with Gasteiger partial charge in [0, 0.05) is 15.8 Å². The number of hydrogen-bond acceptors (Lipinski definition) is 5. The van der Waals surface area contributed by atoms with Crippen molar-refractivity contribution in [2.75, 3.05) is 14.2 Å². The van der Waals surface area contributed by atoms with Crippen LogP contribution in [0.1, 0.15) is 5.56 Å². The lowest BCUT2D eigenvalue weighted by molar-refractivity contribution is 0.355. The predicted octanol–water partition coefficient (Wildman–Crippen LogP) is 5.22. The van der Waals surface area contributed by atoms with Crippen LogP contribution >= 0.6 is 27.7 Å². The van der Waals surface area contributed by atoms with E-state index in [-0.39, 0.29) is 0 Å². The Morgan fingerprint density at radius 1 is 0.880 bits per heavy atom. The second-order valence-electron chi connectivity index (χ2n) is 5.24. The van der Waals surface area contributed by atoms with Crippen LogP contribution in [0.2, 0.25) is 0 Å². The third kappa shape index (κ3) is 4.52. The minimum Gasteiger partial charge on any atom is -0.493 e. The number of ether oxygens (including phenoxy) is 2. The van der Waals surface area contributed by atoms with Gasteiger partial charge in [-0.3, -0.25) is 0 Å². The van der Waals surface area contributed by atoms with Crippen molar-refractivity contribution in [2.45, 2.75) is 10.8 Å². The molecule has 0 fully saturated rings. The lowest BCUT2D eigenvalue weighted by atomic mass is 10.1. The largest absolute Gasteiger partial charge is 0.493 e. The van der Waals surface area contributed by atoms with Crippen molar-refractivity contribution in [3.8, 4) is 22.8 Å². The Bertz CT molecular complexity index is 839. The van der Waals surface area contributed by atoms with Gasteiger partial charge in [-0.25, -0.2) is 0 Å². The molecule has 3 aromatic rings. The fourth-order valence-electron chi connectivity index (χ4n) is 2.28. The molecule has 25 heavy (non-hydrogen) atoms. The average Bonchev–Trinajstić information content (AvgIpc) is 2.67. The molecule has 0 amide bonds. The van der Waals surface area contributed by atoms with Crippen molar-refractivity contribution < 1.29 is 9.47 Å². The van der Waals surface area contributed by atoms with E-state index in [9.17, 15) is 0 Å². The van der Waals surface area contributed by atoms with Crippen LogP contribution in [0.3, 0.4) is 0 Å². The summed E-state index contributed by atoms with van der Waals surface area (Å²) in [5, 5.41) is 9.54. The quantitative estimate of drug-likeness (QED) is 0.515. The maximum Gasteiger partial charge on any atom is 0.161 e. The van der Waals surface area contributed by atoms with Gasteiger partial charge >= 0.3 is 0 Å². The van der Waals surface area contributed by atoms with Crippen molar-refractivity contribution in [1.29, 1.82) is 0 Å². The van der Waals surface area contributed by atoms with Crippen LogP contribution < -0.4 is 9.47 Å². The van der Waals surface area contributed by atoms with Gasteiger partial charge in [-0.15, -0.1) is 10.2 Å². The van der Waals surface area contributed by atoms with Crippen LogP contribution in [0.15, 0.2) is 64.1 Å². The smallest absolute Gasteiger partial charge is 0.161 e. The molecule has 0 unspecified atom stereocenters. The molecule has 0 bridgehead atoms. The minimum absolute atomic E-state index is 0.676. The highest BCUT2D eigenvalue weighted by Crippen LogP contribution is 2.31. The molecule has 3 rings (SSSR count). The minimum atomic E-state index is 0.676. The molecule has 128 valence electrons. The molecule has 0 saturated heterocycles. The van der Waals surface area contributed by atoms with Crippen molar-refractivity contribution in [3.63, 3.8) is 0 Å². The molecule has 4 nitrogen and oxygen atoms in total. The lowest BCUT2D eigenvalue weighted by Gasteiger charge is -2.09.